The molecular formula is C13H20N4O. The number of carbonyl (C=O) groups is 1. The van der Waals surface area contributed by atoms with Gasteiger partial charge in [-0.2, -0.15) is 0 Å². The number of carbonyl (C=O) groups excluding carboxylic acids is 1. The number of nitrogens with zero attached hydrogens (tertiary/aromatic N) is 2. The maximum atomic E-state index is 12.0. The first-order valence-electron chi connectivity index (χ1n) is 6.50. The molecule has 0 radical (unpaired) electrons. The van der Waals surface area contributed by atoms with E-state index in [0.29, 0.717) is 18.2 Å². The molecular weight excluding hydrogens is 228 g/mol. The smallest absolute Gasteiger partial charge is 0.271 e. The number of hydrogen-bond acceptors (Lipinski definition) is 4. The Morgan fingerprint density at radius 1 is 1.44 bits per heavy atom. The van der Waals surface area contributed by atoms with Gasteiger partial charge < -0.3 is 11.1 Å². The maximum Gasteiger partial charge on any atom is 0.271 e. The van der Waals surface area contributed by atoms with E-state index in [-0.39, 0.29) is 11.9 Å². The monoisotopic (exact) mass is 248 g/mol. The second kappa shape index (κ2) is 5.91. The second-order valence-corrected chi connectivity index (χ2v) is 4.90. The molecule has 0 spiro atoms. The average molecular weight is 248 g/mol. The minimum Gasteiger partial charge on any atom is -0.346 e. The van der Waals surface area contributed by atoms with E-state index in [4.69, 9.17) is 5.73 Å². The molecule has 1 heterocycles. The lowest BCUT2D eigenvalue weighted by molar-refractivity contribution is 0.0918. The molecule has 1 aliphatic rings. The van der Waals surface area contributed by atoms with Crippen molar-refractivity contribution in [1.29, 1.82) is 0 Å². The third-order valence-electron chi connectivity index (χ3n) is 3.55. The average Bonchev–Trinajstić information content (AvgIpc) is 2.90. The summed E-state index contributed by atoms with van der Waals surface area (Å²) >= 11 is 0. The fourth-order valence-corrected chi connectivity index (χ4v) is 2.48. The van der Waals surface area contributed by atoms with Gasteiger partial charge in [0, 0.05) is 18.8 Å². The highest BCUT2D eigenvalue weighted by atomic mass is 16.1. The molecule has 1 aromatic rings. The fourth-order valence-electron chi connectivity index (χ4n) is 2.48. The number of nitrogens with one attached hydrogen (secondary N) is 1. The van der Waals surface area contributed by atoms with Crippen molar-refractivity contribution in [1.82, 2.24) is 15.3 Å². The Balaban J connectivity index is 1.98. The van der Waals surface area contributed by atoms with Gasteiger partial charge in [0.1, 0.15) is 5.69 Å². The quantitative estimate of drug-likeness (QED) is 0.834. The number of rotatable bonds is 4. The molecule has 0 saturated heterocycles. The van der Waals surface area contributed by atoms with Gasteiger partial charge in [0.15, 0.2) is 0 Å². The SMILES string of the molecule is Cc1cnc(C(=O)NC(CN)C2CCCC2)cn1. The summed E-state index contributed by atoms with van der Waals surface area (Å²) in [5.74, 6) is 0.335. The zero-order valence-electron chi connectivity index (χ0n) is 10.7. The summed E-state index contributed by atoms with van der Waals surface area (Å²) in [6.45, 7) is 2.32. The van der Waals surface area contributed by atoms with Gasteiger partial charge in [0.2, 0.25) is 0 Å². The van der Waals surface area contributed by atoms with Gasteiger partial charge in [-0.1, -0.05) is 12.8 Å². The molecule has 1 unspecified atom stereocenters. The minimum absolute atomic E-state index is 0.0584. The number of hydrogen-bond donors (Lipinski definition) is 2. The maximum absolute atomic E-state index is 12.0. The van der Waals surface area contributed by atoms with Crippen LogP contribution in [0.1, 0.15) is 41.9 Å². The first-order chi connectivity index (χ1) is 8.70. The van der Waals surface area contributed by atoms with Crippen molar-refractivity contribution in [2.75, 3.05) is 6.54 Å². The summed E-state index contributed by atoms with van der Waals surface area (Å²) < 4.78 is 0. The number of aromatic nitrogens is 2. The molecule has 0 aliphatic heterocycles. The molecule has 3 N–H and O–H groups in total. The number of nitrogens with two attached hydrogens (primary N) is 1. The van der Waals surface area contributed by atoms with Crippen LogP contribution in [0.15, 0.2) is 12.4 Å². The van der Waals surface area contributed by atoms with Gasteiger partial charge in [-0.3, -0.25) is 9.78 Å². The van der Waals surface area contributed by atoms with E-state index in [2.05, 4.69) is 15.3 Å². The van der Waals surface area contributed by atoms with Crippen LogP contribution in [0.5, 0.6) is 0 Å². The summed E-state index contributed by atoms with van der Waals surface area (Å²) in [4.78, 5) is 20.2. The highest BCUT2D eigenvalue weighted by Gasteiger charge is 2.25. The van der Waals surface area contributed by atoms with E-state index in [0.717, 1.165) is 18.5 Å². The predicted molar refractivity (Wildman–Crippen MR) is 69.0 cm³/mol. The third-order valence-corrected chi connectivity index (χ3v) is 3.55. The molecule has 5 nitrogen and oxygen atoms in total. The third kappa shape index (κ3) is 3.04. The van der Waals surface area contributed by atoms with Crippen LogP contribution in [0.3, 0.4) is 0 Å². The lowest BCUT2D eigenvalue weighted by atomic mass is 9.98. The highest BCUT2D eigenvalue weighted by Crippen LogP contribution is 2.27. The summed E-state index contributed by atoms with van der Waals surface area (Å²) in [5, 5.41) is 2.98. The van der Waals surface area contributed by atoms with Gasteiger partial charge in [-0.25, -0.2) is 4.98 Å². The number of amides is 1. The van der Waals surface area contributed by atoms with Crippen LogP contribution in [-0.2, 0) is 0 Å². The topological polar surface area (TPSA) is 80.9 Å². The van der Waals surface area contributed by atoms with Crippen LogP contribution in [0.25, 0.3) is 0 Å². The molecule has 18 heavy (non-hydrogen) atoms. The first-order valence-corrected chi connectivity index (χ1v) is 6.50. The molecule has 2 rings (SSSR count). The largest absolute Gasteiger partial charge is 0.346 e. The zero-order valence-corrected chi connectivity index (χ0v) is 10.7. The van der Waals surface area contributed by atoms with Crippen LogP contribution < -0.4 is 11.1 Å². The summed E-state index contributed by atoms with van der Waals surface area (Å²) in [7, 11) is 0. The van der Waals surface area contributed by atoms with Crippen molar-refractivity contribution < 1.29 is 4.79 Å². The molecule has 0 aromatic carbocycles. The molecule has 1 aliphatic carbocycles. The van der Waals surface area contributed by atoms with Gasteiger partial charge in [-0.05, 0) is 25.7 Å². The molecule has 98 valence electrons. The molecule has 0 bridgehead atoms. The Labute approximate surface area is 107 Å². The van der Waals surface area contributed by atoms with Crippen molar-refractivity contribution in [3.05, 3.63) is 23.8 Å². The van der Waals surface area contributed by atoms with Crippen LogP contribution >= 0.6 is 0 Å². The minimum atomic E-state index is -0.176. The Morgan fingerprint density at radius 3 is 2.72 bits per heavy atom. The van der Waals surface area contributed by atoms with Crippen molar-refractivity contribution >= 4 is 5.91 Å². The normalized spacial score (nSPS) is 17.7. The van der Waals surface area contributed by atoms with Crippen LogP contribution in [0, 0.1) is 12.8 Å². The van der Waals surface area contributed by atoms with E-state index in [1.165, 1.54) is 19.0 Å². The van der Waals surface area contributed by atoms with Crippen LogP contribution in [0.2, 0.25) is 0 Å². The Bertz CT molecular complexity index is 398. The molecule has 1 aromatic heterocycles. The number of aryl methyl sites for hydroxylation is 1. The van der Waals surface area contributed by atoms with E-state index in [9.17, 15) is 4.79 Å². The van der Waals surface area contributed by atoms with Gasteiger partial charge in [0.25, 0.3) is 5.91 Å². The lowest BCUT2D eigenvalue weighted by Crippen LogP contribution is -2.44. The Kier molecular flexibility index (Phi) is 4.25. The van der Waals surface area contributed by atoms with Crippen molar-refractivity contribution in [2.24, 2.45) is 11.7 Å². The first kappa shape index (κ1) is 13.0. The van der Waals surface area contributed by atoms with Gasteiger partial charge in [0.05, 0.1) is 11.9 Å². The van der Waals surface area contributed by atoms with Gasteiger partial charge >= 0.3 is 0 Å². The Hall–Kier alpha value is -1.49. The molecule has 1 atom stereocenters. The van der Waals surface area contributed by atoms with Crippen LogP contribution in [-0.4, -0.2) is 28.5 Å². The summed E-state index contributed by atoms with van der Waals surface area (Å²) in [6.07, 6.45) is 7.89. The lowest BCUT2D eigenvalue weighted by Gasteiger charge is -2.22. The van der Waals surface area contributed by atoms with E-state index in [1.54, 1.807) is 6.20 Å². The van der Waals surface area contributed by atoms with Crippen molar-refractivity contribution in [3.8, 4) is 0 Å². The fraction of sp³-hybridized carbons (Fsp3) is 0.615. The predicted octanol–water partition coefficient (Wildman–Crippen LogP) is 1.03. The molecule has 1 saturated carbocycles. The standard InChI is InChI=1S/C13H20N4O/c1-9-7-16-12(8-15-9)13(18)17-11(6-14)10-4-2-3-5-10/h7-8,10-11H,2-6,14H2,1H3,(H,17,18). The van der Waals surface area contributed by atoms with Crippen molar-refractivity contribution in [2.45, 2.75) is 38.6 Å². The summed E-state index contributed by atoms with van der Waals surface area (Å²) in [6, 6.07) is 0.0584. The second-order valence-electron chi connectivity index (χ2n) is 4.90. The molecule has 1 fully saturated rings. The highest BCUT2D eigenvalue weighted by molar-refractivity contribution is 5.92. The Morgan fingerprint density at radius 2 is 2.17 bits per heavy atom. The summed E-state index contributed by atoms with van der Waals surface area (Å²) in [5.41, 5.74) is 6.91. The zero-order chi connectivity index (χ0) is 13.0. The molecule has 1 amide bonds. The van der Waals surface area contributed by atoms with E-state index in [1.807, 2.05) is 6.92 Å². The van der Waals surface area contributed by atoms with Crippen LogP contribution in [0.4, 0.5) is 0 Å². The van der Waals surface area contributed by atoms with Gasteiger partial charge in [-0.15, -0.1) is 0 Å². The molecule has 5 heteroatoms. The van der Waals surface area contributed by atoms with E-state index < -0.39 is 0 Å². The van der Waals surface area contributed by atoms with E-state index >= 15 is 0 Å². The van der Waals surface area contributed by atoms with Crippen molar-refractivity contribution in [3.63, 3.8) is 0 Å².